The Kier molecular flexibility index (Phi) is 6.38. The highest BCUT2D eigenvalue weighted by Gasteiger charge is 2.69. The van der Waals surface area contributed by atoms with E-state index in [0.717, 1.165) is 19.3 Å². The summed E-state index contributed by atoms with van der Waals surface area (Å²) in [5.41, 5.74) is -0.120. The maximum absolute atomic E-state index is 12.2. The molecule has 10 heteroatoms. The zero-order valence-electron chi connectivity index (χ0n) is 20.5. The van der Waals surface area contributed by atoms with Gasteiger partial charge in [0.25, 0.3) is 5.69 Å². The van der Waals surface area contributed by atoms with Crippen molar-refractivity contribution in [3.63, 3.8) is 0 Å². The van der Waals surface area contributed by atoms with Gasteiger partial charge in [-0.2, -0.15) is 0 Å². The fraction of sp³-hybridized carbons (Fsp3) is 0.720. The van der Waals surface area contributed by atoms with Gasteiger partial charge < -0.3 is 18.9 Å². The van der Waals surface area contributed by atoms with Crippen molar-refractivity contribution in [3.05, 3.63) is 39.9 Å². The summed E-state index contributed by atoms with van der Waals surface area (Å²) in [6, 6.07) is 5.99. The van der Waals surface area contributed by atoms with E-state index in [1.807, 2.05) is 6.92 Å². The van der Waals surface area contributed by atoms with Crippen molar-refractivity contribution in [2.24, 2.45) is 23.7 Å². The Morgan fingerprint density at radius 3 is 2.60 bits per heavy atom. The third kappa shape index (κ3) is 4.15. The van der Waals surface area contributed by atoms with Gasteiger partial charge in [0, 0.05) is 30.4 Å². The van der Waals surface area contributed by atoms with Crippen LogP contribution in [-0.4, -0.2) is 42.0 Å². The molecule has 5 fully saturated rings. The zero-order chi connectivity index (χ0) is 25.0. The molecule has 1 saturated carbocycles. The monoisotopic (exact) mass is 491 g/mol. The topological polar surface area (TPSA) is 116 Å². The molecule has 10 nitrogen and oxygen atoms in total. The van der Waals surface area contributed by atoms with Crippen LogP contribution in [0.3, 0.4) is 0 Å². The van der Waals surface area contributed by atoms with E-state index < -0.39 is 41.0 Å². The number of nitrogens with zero attached hydrogens (tertiary/aromatic N) is 1. The number of hydrogen-bond donors (Lipinski definition) is 0. The number of rotatable bonds is 6. The maximum Gasteiger partial charge on any atom is 0.308 e. The van der Waals surface area contributed by atoms with Crippen LogP contribution in [0.15, 0.2) is 24.3 Å². The third-order valence-electron chi connectivity index (χ3n) is 8.45. The molecule has 1 aliphatic carbocycles. The number of methoxy groups -OCH3 is 1. The molecule has 1 aromatic carbocycles. The summed E-state index contributed by atoms with van der Waals surface area (Å²) in [5.74, 6) is -0.665. The third-order valence-corrected chi connectivity index (χ3v) is 8.45. The Morgan fingerprint density at radius 1 is 1.17 bits per heavy atom. The standard InChI is InChI=1S/C25H33NO9/c1-14-5-10-19-15(2)22(32-23-25(19)18(14)11-12-24(3,33-23)34-35-25)31-20(13-21(27)30-4)16-6-8-17(9-7-16)26(28)29/h6-9,14-15,18-20,22-23H,5,10-13H2,1-4H3/t14-,15-,18+,19+,20-,22+,23-,24-,25-/m1/s1. The van der Waals surface area contributed by atoms with Crippen molar-refractivity contribution >= 4 is 11.7 Å². The van der Waals surface area contributed by atoms with Crippen LogP contribution in [0.4, 0.5) is 5.69 Å². The first kappa shape index (κ1) is 24.6. The minimum Gasteiger partial charge on any atom is -0.469 e. The molecule has 4 heterocycles. The number of hydrogen-bond acceptors (Lipinski definition) is 9. The first-order valence-electron chi connectivity index (χ1n) is 12.3. The average molecular weight is 492 g/mol. The van der Waals surface area contributed by atoms with E-state index >= 15 is 0 Å². The van der Waals surface area contributed by atoms with Gasteiger partial charge in [0.15, 0.2) is 18.2 Å². The normalized spacial score (nSPS) is 40.9. The Labute approximate surface area is 204 Å². The van der Waals surface area contributed by atoms with Crippen LogP contribution in [0.2, 0.25) is 0 Å². The summed E-state index contributed by atoms with van der Waals surface area (Å²) < 4.78 is 24.2. The molecule has 5 aliphatic rings. The summed E-state index contributed by atoms with van der Waals surface area (Å²) in [5, 5.41) is 11.1. The van der Waals surface area contributed by atoms with Gasteiger partial charge in [0.1, 0.15) is 0 Å². The summed E-state index contributed by atoms with van der Waals surface area (Å²) in [4.78, 5) is 34.9. The summed E-state index contributed by atoms with van der Waals surface area (Å²) in [7, 11) is 1.32. The Morgan fingerprint density at radius 2 is 1.91 bits per heavy atom. The molecule has 1 spiro atoms. The number of non-ortho nitro benzene ring substituents is 1. The van der Waals surface area contributed by atoms with E-state index in [2.05, 4.69) is 13.8 Å². The van der Waals surface area contributed by atoms with Gasteiger partial charge in [-0.3, -0.25) is 14.9 Å². The number of nitro benzene ring substituents is 1. The average Bonchev–Trinajstić information content (AvgIpc) is 3.07. The first-order chi connectivity index (χ1) is 16.7. The van der Waals surface area contributed by atoms with Crippen molar-refractivity contribution in [3.8, 4) is 0 Å². The van der Waals surface area contributed by atoms with Crippen molar-refractivity contribution in [1.29, 1.82) is 0 Å². The lowest BCUT2D eigenvalue weighted by Crippen LogP contribution is -2.70. The second kappa shape index (κ2) is 9.08. The Hall–Kier alpha value is -2.11. The van der Waals surface area contributed by atoms with Crippen LogP contribution in [0.25, 0.3) is 0 Å². The predicted octanol–water partition coefficient (Wildman–Crippen LogP) is 4.42. The van der Waals surface area contributed by atoms with Gasteiger partial charge in [-0.1, -0.05) is 13.8 Å². The lowest BCUT2D eigenvalue weighted by molar-refractivity contribution is -0.578. The highest BCUT2D eigenvalue weighted by atomic mass is 17.3. The van der Waals surface area contributed by atoms with Gasteiger partial charge in [-0.15, -0.1) is 0 Å². The molecule has 6 rings (SSSR count). The SMILES string of the molecule is COC(=O)C[C@@H](O[C@H]1O[C@@H]2O[C@@]3(C)CC[C@H]4[C@H](C)CC[C@@H]([C@H]1C)[C@@]24OO3)c1ccc([N+](=O)[O-])cc1. The fourth-order valence-corrected chi connectivity index (χ4v) is 6.48. The predicted molar refractivity (Wildman–Crippen MR) is 120 cm³/mol. The summed E-state index contributed by atoms with van der Waals surface area (Å²) in [6.45, 7) is 6.19. The number of ether oxygens (including phenoxy) is 4. The molecule has 192 valence electrons. The van der Waals surface area contributed by atoms with Crippen molar-refractivity contribution < 1.29 is 38.4 Å². The minimum absolute atomic E-state index is 0.0366. The molecule has 0 N–H and O–H groups in total. The largest absolute Gasteiger partial charge is 0.469 e. The smallest absolute Gasteiger partial charge is 0.308 e. The van der Waals surface area contributed by atoms with E-state index in [-0.39, 0.29) is 29.9 Å². The van der Waals surface area contributed by atoms with Crippen LogP contribution in [0.5, 0.6) is 0 Å². The highest BCUT2D eigenvalue weighted by Crippen LogP contribution is 2.60. The second-order valence-electron chi connectivity index (χ2n) is 10.5. The van der Waals surface area contributed by atoms with E-state index in [0.29, 0.717) is 17.9 Å². The van der Waals surface area contributed by atoms with Crippen molar-refractivity contribution in [1.82, 2.24) is 0 Å². The fourth-order valence-electron chi connectivity index (χ4n) is 6.48. The molecule has 4 aliphatic heterocycles. The number of carbonyl (C=O) groups excluding carboxylic acids is 1. The molecule has 2 bridgehead atoms. The van der Waals surface area contributed by atoms with Crippen LogP contribution in [0.1, 0.15) is 64.5 Å². The van der Waals surface area contributed by atoms with E-state index in [4.69, 9.17) is 28.7 Å². The number of fused-ring (bicyclic) bond motifs is 2. The molecule has 4 saturated heterocycles. The van der Waals surface area contributed by atoms with E-state index in [1.165, 1.54) is 19.2 Å². The molecular weight excluding hydrogens is 458 g/mol. The second-order valence-corrected chi connectivity index (χ2v) is 10.5. The molecule has 0 amide bonds. The maximum atomic E-state index is 12.2. The lowest BCUT2D eigenvalue weighted by atomic mass is 9.58. The molecule has 9 atom stereocenters. The molecular formula is C25H33NO9. The van der Waals surface area contributed by atoms with Gasteiger partial charge >= 0.3 is 5.97 Å². The summed E-state index contributed by atoms with van der Waals surface area (Å²) in [6.07, 6.45) is 1.51. The number of nitro groups is 1. The van der Waals surface area contributed by atoms with Crippen LogP contribution < -0.4 is 0 Å². The first-order valence-corrected chi connectivity index (χ1v) is 12.3. The molecule has 0 radical (unpaired) electrons. The van der Waals surface area contributed by atoms with Gasteiger partial charge in [-0.25, -0.2) is 9.78 Å². The molecule has 1 aromatic rings. The minimum atomic E-state index is -0.896. The van der Waals surface area contributed by atoms with E-state index in [9.17, 15) is 14.9 Å². The lowest BCUT2D eigenvalue weighted by Gasteiger charge is -2.60. The quantitative estimate of drug-likeness (QED) is 0.247. The van der Waals surface area contributed by atoms with Crippen molar-refractivity contribution in [2.45, 2.75) is 82.9 Å². The highest BCUT2D eigenvalue weighted by molar-refractivity contribution is 5.70. The Bertz CT molecular complexity index is 970. The van der Waals surface area contributed by atoms with Crippen LogP contribution in [0, 0.1) is 33.8 Å². The number of carbonyl (C=O) groups is 1. The number of esters is 1. The van der Waals surface area contributed by atoms with Crippen LogP contribution in [-0.2, 0) is 33.5 Å². The van der Waals surface area contributed by atoms with Gasteiger partial charge in [0.05, 0.1) is 24.6 Å². The molecule has 35 heavy (non-hydrogen) atoms. The van der Waals surface area contributed by atoms with Crippen LogP contribution >= 0.6 is 0 Å². The van der Waals surface area contributed by atoms with Gasteiger partial charge in [-0.05, 0) is 55.7 Å². The molecule has 0 unspecified atom stereocenters. The van der Waals surface area contributed by atoms with E-state index in [1.54, 1.807) is 12.1 Å². The summed E-state index contributed by atoms with van der Waals surface area (Å²) >= 11 is 0. The van der Waals surface area contributed by atoms with Gasteiger partial charge in [0.2, 0.25) is 5.79 Å². The molecule has 0 aromatic heterocycles. The number of benzene rings is 1. The Balaban J connectivity index is 1.44. The van der Waals surface area contributed by atoms with Crippen molar-refractivity contribution in [2.75, 3.05) is 7.11 Å². The zero-order valence-corrected chi connectivity index (χ0v) is 20.5.